The summed E-state index contributed by atoms with van der Waals surface area (Å²) in [4.78, 5) is 23.8. The summed E-state index contributed by atoms with van der Waals surface area (Å²) < 4.78 is 39.2. The number of amides is 1. The van der Waals surface area contributed by atoms with E-state index in [1.807, 2.05) is 0 Å². The van der Waals surface area contributed by atoms with Crippen LogP contribution in [-0.2, 0) is 6.54 Å². The van der Waals surface area contributed by atoms with E-state index in [2.05, 4.69) is 17.2 Å². The molecule has 5 nitrogen and oxygen atoms in total. The number of aromatic nitrogens is 1. The first-order chi connectivity index (χ1) is 12.2. The lowest BCUT2D eigenvalue weighted by molar-refractivity contribution is 0.103. The Morgan fingerprint density at radius 3 is 2.77 bits per heavy atom. The highest BCUT2D eigenvalue weighted by Gasteiger charge is 2.16. The minimum atomic E-state index is -2.86. The molecule has 0 bridgehead atoms. The number of hydrogen-bond donors (Lipinski definition) is 2. The second-order valence-corrected chi connectivity index (χ2v) is 6.78. The molecule has 138 valence electrons. The molecule has 0 saturated heterocycles. The van der Waals surface area contributed by atoms with Crippen molar-refractivity contribution >= 4 is 34.5 Å². The van der Waals surface area contributed by atoms with Crippen molar-refractivity contribution in [1.82, 2.24) is 4.57 Å². The molecule has 10 heteroatoms. The molecule has 2 heterocycles. The van der Waals surface area contributed by atoms with Gasteiger partial charge in [0.1, 0.15) is 10.4 Å². The van der Waals surface area contributed by atoms with Gasteiger partial charge in [0.15, 0.2) is 5.82 Å². The molecule has 0 aromatic carbocycles. The van der Waals surface area contributed by atoms with Gasteiger partial charge in [0, 0.05) is 12.3 Å². The fourth-order valence-corrected chi connectivity index (χ4v) is 2.98. The number of anilines is 1. The number of aliphatic hydroxyl groups is 1. The normalized spacial score (nSPS) is 11.8. The average molecular weight is 405 g/mol. The van der Waals surface area contributed by atoms with E-state index in [0.29, 0.717) is 10.1 Å². The first-order valence-electron chi connectivity index (χ1n) is 7.15. The maximum Gasteiger partial charge on any atom is 0.286 e. The maximum atomic E-state index is 13.6. The van der Waals surface area contributed by atoms with Crippen molar-refractivity contribution in [3.05, 3.63) is 49.3 Å². The van der Waals surface area contributed by atoms with E-state index in [4.69, 9.17) is 16.7 Å². The molecule has 2 rings (SSSR count). The fourth-order valence-electron chi connectivity index (χ4n) is 1.89. The van der Waals surface area contributed by atoms with Crippen LogP contribution in [0, 0.1) is 17.7 Å². The van der Waals surface area contributed by atoms with Gasteiger partial charge in [0.25, 0.3) is 17.9 Å². The van der Waals surface area contributed by atoms with Gasteiger partial charge in [-0.25, -0.2) is 13.2 Å². The molecule has 1 unspecified atom stereocenters. The van der Waals surface area contributed by atoms with Gasteiger partial charge in [-0.15, -0.1) is 11.3 Å². The third-order valence-corrected chi connectivity index (χ3v) is 4.32. The number of alkyl halides is 2. The van der Waals surface area contributed by atoms with Crippen molar-refractivity contribution in [2.75, 3.05) is 5.32 Å². The number of hydrogen-bond acceptors (Lipinski definition) is 4. The van der Waals surface area contributed by atoms with Crippen LogP contribution in [0.1, 0.15) is 22.2 Å². The Hall–Kier alpha value is -2.28. The van der Waals surface area contributed by atoms with Crippen molar-refractivity contribution in [3.8, 4) is 11.8 Å². The van der Waals surface area contributed by atoms with Gasteiger partial charge in [-0.2, -0.15) is 0 Å². The Kier molecular flexibility index (Phi) is 6.47. The molecule has 0 aliphatic rings. The number of carbonyl (C=O) groups is 1. The fraction of sp³-hybridized carbons (Fsp3) is 0.250. The van der Waals surface area contributed by atoms with Gasteiger partial charge < -0.3 is 15.0 Å². The summed E-state index contributed by atoms with van der Waals surface area (Å²) >= 11 is 6.87. The van der Waals surface area contributed by atoms with Crippen LogP contribution in [0.4, 0.5) is 18.9 Å². The summed E-state index contributed by atoms with van der Waals surface area (Å²) in [5.74, 6) is 3.15. The topological polar surface area (TPSA) is 71.3 Å². The summed E-state index contributed by atoms with van der Waals surface area (Å²) in [6, 6.07) is 2.12. The van der Waals surface area contributed by atoms with E-state index >= 15 is 0 Å². The van der Waals surface area contributed by atoms with Crippen molar-refractivity contribution < 1.29 is 23.1 Å². The van der Waals surface area contributed by atoms with E-state index < -0.39 is 36.4 Å². The Balaban J connectivity index is 2.25. The lowest BCUT2D eigenvalue weighted by atomic mass is 10.2. The Bertz CT molecular complexity index is 944. The Labute approximate surface area is 155 Å². The quantitative estimate of drug-likeness (QED) is 0.770. The van der Waals surface area contributed by atoms with Gasteiger partial charge >= 0.3 is 0 Å². The number of carbonyl (C=O) groups excluding carboxylic acids is 1. The van der Waals surface area contributed by atoms with Crippen LogP contribution >= 0.6 is 22.9 Å². The summed E-state index contributed by atoms with van der Waals surface area (Å²) in [7, 11) is 0. The van der Waals surface area contributed by atoms with Crippen LogP contribution in [0.15, 0.2) is 23.1 Å². The standard InChI is InChI=1S/C16H12ClF3N2O3S/c1-8(23)2-3-9-4-12(26-14(9)17)15(24)21-10-5-11(18)16(25)22(6-10)7-13(19)20/h4-6,8,13,23H,7H2,1H3,(H,21,24). The lowest BCUT2D eigenvalue weighted by Crippen LogP contribution is -2.26. The zero-order chi connectivity index (χ0) is 19.4. The molecule has 0 aliphatic carbocycles. The molecule has 2 aromatic heterocycles. The van der Waals surface area contributed by atoms with Crippen LogP contribution in [0.3, 0.4) is 0 Å². The molecule has 26 heavy (non-hydrogen) atoms. The zero-order valence-electron chi connectivity index (χ0n) is 13.2. The maximum absolute atomic E-state index is 13.6. The smallest absolute Gasteiger partial charge is 0.286 e. The Morgan fingerprint density at radius 1 is 1.46 bits per heavy atom. The molecule has 1 atom stereocenters. The number of rotatable bonds is 4. The molecule has 2 N–H and O–H groups in total. The Morgan fingerprint density at radius 2 is 2.15 bits per heavy atom. The van der Waals surface area contributed by atoms with Gasteiger partial charge in [-0.3, -0.25) is 9.59 Å². The number of thiophene rings is 1. The third-order valence-electron chi connectivity index (χ3n) is 2.96. The van der Waals surface area contributed by atoms with Crippen LogP contribution < -0.4 is 10.9 Å². The van der Waals surface area contributed by atoms with Crippen molar-refractivity contribution in [2.24, 2.45) is 0 Å². The van der Waals surface area contributed by atoms with Crippen molar-refractivity contribution in [3.63, 3.8) is 0 Å². The third kappa shape index (κ3) is 5.11. The predicted octanol–water partition coefficient (Wildman–Crippen LogP) is 2.95. The molecule has 0 fully saturated rings. The number of pyridine rings is 1. The SMILES string of the molecule is CC(O)C#Cc1cc(C(=O)Nc2cc(F)c(=O)n(CC(F)F)c2)sc1Cl. The van der Waals surface area contributed by atoms with Gasteiger partial charge in [-0.05, 0) is 13.0 Å². The highest BCUT2D eigenvalue weighted by atomic mass is 35.5. The van der Waals surface area contributed by atoms with Crippen molar-refractivity contribution in [1.29, 1.82) is 0 Å². The van der Waals surface area contributed by atoms with E-state index in [9.17, 15) is 22.8 Å². The predicted molar refractivity (Wildman–Crippen MR) is 92.5 cm³/mol. The molecule has 1 amide bonds. The average Bonchev–Trinajstić information content (AvgIpc) is 2.91. The van der Waals surface area contributed by atoms with E-state index in [-0.39, 0.29) is 14.9 Å². The van der Waals surface area contributed by atoms with Gasteiger partial charge in [-0.1, -0.05) is 23.4 Å². The first kappa shape index (κ1) is 20.0. The molecular weight excluding hydrogens is 393 g/mol. The minimum absolute atomic E-state index is 0.136. The monoisotopic (exact) mass is 404 g/mol. The van der Waals surface area contributed by atoms with E-state index in [0.717, 1.165) is 23.6 Å². The summed E-state index contributed by atoms with van der Waals surface area (Å²) in [6.45, 7) is 0.465. The van der Waals surface area contributed by atoms with Crippen LogP contribution in [0.25, 0.3) is 0 Å². The number of aliphatic hydroxyl groups excluding tert-OH is 1. The van der Waals surface area contributed by atoms with E-state index in [1.54, 1.807) is 0 Å². The van der Waals surface area contributed by atoms with Crippen molar-refractivity contribution in [2.45, 2.75) is 26.0 Å². The summed E-state index contributed by atoms with van der Waals surface area (Å²) in [6.07, 6.45) is -2.80. The zero-order valence-corrected chi connectivity index (χ0v) is 14.8. The van der Waals surface area contributed by atoms with Crippen LogP contribution in [-0.4, -0.2) is 28.1 Å². The second kappa shape index (κ2) is 8.40. The van der Waals surface area contributed by atoms with Crippen LogP contribution in [0.5, 0.6) is 0 Å². The highest BCUT2D eigenvalue weighted by molar-refractivity contribution is 7.18. The van der Waals surface area contributed by atoms with Gasteiger partial charge in [0.2, 0.25) is 0 Å². The molecule has 2 aromatic rings. The number of nitrogens with one attached hydrogen (secondary N) is 1. The van der Waals surface area contributed by atoms with E-state index in [1.165, 1.54) is 13.0 Å². The largest absolute Gasteiger partial charge is 0.381 e. The number of nitrogens with zero attached hydrogens (tertiary/aromatic N) is 1. The summed E-state index contributed by atoms with van der Waals surface area (Å²) in [5, 5.41) is 11.5. The molecule has 0 aliphatic heterocycles. The minimum Gasteiger partial charge on any atom is -0.381 e. The number of halogens is 4. The molecule has 0 saturated carbocycles. The lowest BCUT2D eigenvalue weighted by Gasteiger charge is -2.09. The first-order valence-corrected chi connectivity index (χ1v) is 8.35. The van der Waals surface area contributed by atoms with Gasteiger partial charge in [0.05, 0.1) is 22.7 Å². The van der Waals surface area contributed by atoms with Crippen LogP contribution in [0.2, 0.25) is 4.34 Å². The molecule has 0 radical (unpaired) electrons. The molecular formula is C16H12ClF3N2O3S. The summed E-state index contributed by atoms with van der Waals surface area (Å²) in [5.41, 5.74) is -1.04. The molecule has 0 spiro atoms. The second-order valence-electron chi connectivity index (χ2n) is 5.12. The highest BCUT2D eigenvalue weighted by Crippen LogP contribution is 2.27.